The fraction of sp³-hybridized carbons (Fsp3) is 0.259. The topological polar surface area (TPSA) is 72.5 Å². The lowest BCUT2D eigenvalue weighted by molar-refractivity contribution is 0.405. The quantitative estimate of drug-likeness (QED) is 0.603. The number of anilines is 1. The molecule has 0 saturated carbocycles. The van der Waals surface area contributed by atoms with Crippen LogP contribution in [0, 0.1) is 5.41 Å². The molecule has 0 aliphatic carbocycles. The zero-order chi connectivity index (χ0) is 22.6. The summed E-state index contributed by atoms with van der Waals surface area (Å²) in [7, 11) is 1.68. The summed E-state index contributed by atoms with van der Waals surface area (Å²) in [6.07, 6.45) is 6.17. The van der Waals surface area contributed by atoms with E-state index >= 15 is 0 Å². The monoisotopic (exact) mass is 426 g/mol. The van der Waals surface area contributed by atoms with Crippen LogP contribution in [0.5, 0.6) is 5.75 Å². The fourth-order valence-electron chi connectivity index (χ4n) is 3.51. The van der Waals surface area contributed by atoms with Crippen molar-refractivity contribution >= 4 is 11.9 Å². The molecule has 1 aromatic heterocycles. The Hall–Kier alpha value is -3.44. The summed E-state index contributed by atoms with van der Waals surface area (Å²) < 4.78 is 5.26. The van der Waals surface area contributed by atoms with Crippen molar-refractivity contribution in [1.82, 2.24) is 4.98 Å². The highest BCUT2D eigenvalue weighted by atomic mass is 16.5. The summed E-state index contributed by atoms with van der Waals surface area (Å²) >= 11 is 0. The molecule has 1 aliphatic rings. The molecule has 4 rings (SSSR count). The Morgan fingerprint density at radius 2 is 1.66 bits per heavy atom. The maximum absolute atomic E-state index is 5.93. The van der Waals surface area contributed by atoms with Gasteiger partial charge in [0, 0.05) is 17.3 Å². The molecule has 3 aromatic rings. The highest BCUT2D eigenvalue weighted by Crippen LogP contribution is 2.25. The maximum Gasteiger partial charge on any atom is 0.136 e. The third-order valence-electron chi connectivity index (χ3n) is 5.69. The van der Waals surface area contributed by atoms with Crippen molar-refractivity contribution in [2.75, 3.05) is 32.1 Å². The number of allylic oxidation sites excluding steroid dienone is 1. The van der Waals surface area contributed by atoms with E-state index in [2.05, 4.69) is 73.8 Å². The molecule has 164 valence electrons. The van der Waals surface area contributed by atoms with Crippen molar-refractivity contribution in [1.29, 1.82) is 0 Å². The van der Waals surface area contributed by atoms with Gasteiger partial charge in [-0.2, -0.15) is 0 Å². The first kappa shape index (κ1) is 21.8. The number of nitrogens with zero attached hydrogens (tertiary/aromatic N) is 2. The van der Waals surface area contributed by atoms with Crippen LogP contribution in [0.4, 0.5) is 5.82 Å². The number of pyridine rings is 1. The second-order valence-electron chi connectivity index (χ2n) is 8.75. The number of nitrogens with two attached hydrogens (primary N) is 1. The summed E-state index contributed by atoms with van der Waals surface area (Å²) in [4.78, 5) is 9.71. The van der Waals surface area contributed by atoms with Crippen LogP contribution < -0.4 is 26.4 Å². The van der Waals surface area contributed by atoms with Crippen LogP contribution in [0.1, 0.15) is 13.8 Å². The van der Waals surface area contributed by atoms with Gasteiger partial charge in [-0.15, -0.1) is 0 Å². The summed E-state index contributed by atoms with van der Waals surface area (Å²) in [6, 6.07) is 18.6. The van der Waals surface area contributed by atoms with Gasteiger partial charge >= 0.3 is 0 Å². The zero-order valence-electron chi connectivity index (χ0n) is 18.9. The van der Waals surface area contributed by atoms with E-state index in [0.29, 0.717) is 13.1 Å². The van der Waals surface area contributed by atoms with Gasteiger partial charge in [0.25, 0.3) is 0 Å². The average molecular weight is 427 g/mol. The highest BCUT2D eigenvalue weighted by molar-refractivity contribution is 5.70. The predicted molar refractivity (Wildman–Crippen MR) is 132 cm³/mol. The van der Waals surface area contributed by atoms with Crippen LogP contribution in [0.15, 0.2) is 71.7 Å². The molecule has 0 saturated heterocycles. The van der Waals surface area contributed by atoms with Gasteiger partial charge in [-0.25, -0.2) is 4.98 Å². The van der Waals surface area contributed by atoms with Crippen molar-refractivity contribution in [3.8, 4) is 28.1 Å². The second-order valence-corrected chi connectivity index (χ2v) is 8.75. The molecule has 0 spiro atoms. The van der Waals surface area contributed by atoms with E-state index in [-0.39, 0.29) is 5.41 Å². The van der Waals surface area contributed by atoms with Crippen LogP contribution in [-0.4, -0.2) is 31.7 Å². The molecule has 2 aromatic carbocycles. The number of hydrogen-bond donors (Lipinski definition) is 2. The first-order chi connectivity index (χ1) is 15.5. The number of rotatable bonds is 7. The molecule has 32 heavy (non-hydrogen) atoms. The summed E-state index contributed by atoms with van der Waals surface area (Å²) in [6.45, 7) is 6.29. The van der Waals surface area contributed by atoms with Gasteiger partial charge in [0.2, 0.25) is 0 Å². The standard InChI is InChI=1S/C27H30N4O/c1-27(2,17-28)18-30-26-23-6-4-5-15-29-25(23)16-24(31-26)21-9-7-19(8-10-21)20-11-13-22(32-3)14-12-20/h4-14,16H,15,17-18,28H2,1-3H3,(H,30,31). The lowest BCUT2D eigenvalue weighted by atomic mass is 9.94. The van der Waals surface area contributed by atoms with Gasteiger partial charge in [-0.05, 0) is 47.4 Å². The number of methoxy groups -OCH3 is 1. The van der Waals surface area contributed by atoms with Crippen LogP contribution in [0.3, 0.4) is 0 Å². The van der Waals surface area contributed by atoms with Crippen LogP contribution in [0.2, 0.25) is 0 Å². The van der Waals surface area contributed by atoms with E-state index in [0.717, 1.165) is 51.1 Å². The van der Waals surface area contributed by atoms with Gasteiger partial charge in [0.1, 0.15) is 11.6 Å². The van der Waals surface area contributed by atoms with Crippen LogP contribution in [-0.2, 0) is 0 Å². The smallest absolute Gasteiger partial charge is 0.136 e. The molecule has 0 radical (unpaired) electrons. The molecule has 0 atom stereocenters. The van der Waals surface area contributed by atoms with Crippen molar-refractivity contribution in [2.45, 2.75) is 13.8 Å². The Morgan fingerprint density at radius 3 is 2.31 bits per heavy atom. The SMILES string of the molecule is COc1ccc(-c2ccc(-c3cc4c(c(NCC(C)(C)CN)n3)=CC=CCN=4)cc2)cc1. The van der Waals surface area contributed by atoms with E-state index in [1.54, 1.807) is 7.11 Å². The molecule has 3 N–H and O–H groups in total. The zero-order valence-corrected chi connectivity index (χ0v) is 18.9. The number of aromatic nitrogens is 1. The van der Waals surface area contributed by atoms with Crippen LogP contribution >= 0.6 is 0 Å². The molecular formula is C27H30N4O. The fourth-order valence-corrected chi connectivity index (χ4v) is 3.51. The van der Waals surface area contributed by atoms with Gasteiger partial charge in [0.05, 0.1) is 24.7 Å². The van der Waals surface area contributed by atoms with Gasteiger partial charge < -0.3 is 15.8 Å². The van der Waals surface area contributed by atoms with Crippen molar-refractivity contribution in [2.24, 2.45) is 16.1 Å². The number of hydrogen-bond acceptors (Lipinski definition) is 5. The summed E-state index contributed by atoms with van der Waals surface area (Å²) in [5, 5.41) is 5.49. The number of ether oxygens (including phenoxy) is 1. The minimum Gasteiger partial charge on any atom is -0.497 e. The number of nitrogens with one attached hydrogen (secondary N) is 1. The average Bonchev–Trinajstić information content (AvgIpc) is 3.08. The number of benzene rings is 2. The molecule has 0 unspecified atom stereocenters. The molecule has 0 bridgehead atoms. The first-order valence-corrected chi connectivity index (χ1v) is 10.9. The Bertz CT molecular complexity index is 1230. The van der Waals surface area contributed by atoms with Crippen molar-refractivity contribution in [3.05, 3.63) is 77.3 Å². The lowest BCUT2D eigenvalue weighted by Gasteiger charge is -2.23. The lowest BCUT2D eigenvalue weighted by Crippen LogP contribution is -2.35. The maximum atomic E-state index is 5.93. The van der Waals surface area contributed by atoms with Crippen LogP contribution in [0.25, 0.3) is 28.5 Å². The minimum atomic E-state index is -0.0255. The summed E-state index contributed by atoms with van der Waals surface area (Å²) in [5.74, 6) is 1.70. The molecule has 2 heterocycles. The van der Waals surface area contributed by atoms with E-state index in [1.165, 1.54) is 0 Å². The molecule has 0 fully saturated rings. The largest absolute Gasteiger partial charge is 0.497 e. The molecule has 0 amide bonds. The van der Waals surface area contributed by atoms with E-state index < -0.39 is 0 Å². The minimum absolute atomic E-state index is 0.0255. The third-order valence-corrected chi connectivity index (χ3v) is 5.69. The van der Waals surface area contributed by atoms with Crippen molar-refractivity contribution in [3.63, 3.8) is 0 Å². The second kappa shape index (κ2) is 9.37. The molecule has 1 aliphatic heterocycles. The van der Waals surface area contributed by atoms with E-state index in [9.17, 15) is 0 Å². The number of fused-ring (bicyclic) bond motifs is 1. The Kier molecular flexibility index (Phi) is 6.37. The van der Waals surface area contributed by atoms with E-state index in [4.69, 9.17) is 20.4 Å². The predicted octanol–water partition coefficient (Wildman–Crippen LogP) is 3.79. The van der Waals surface area contributed by atoms with Crippen molar-refractivity contribution < 1.29 is 4.74 Å². The third kappa shape index (κ3) is 4.89. The highest BCUT2D eigenvalue weighted by Gasteiger charge is 2.16. The van der Waals surface area contributed by atoms with E-state index in [1.807, 2.05) is 18.2 Å². The van der Waals surface area contributed by atoms with Gasteiger partial charge in [-0.3, -0.25) is 4.99 Å². The molecular weight excluding hydrogens is 396 g/mol. The molecule has 5 heteroatoms. The molecule has 5 nitrogen and oxygen atoms in total. The first-order valence-electron chi connectivity index (χ1n) is 10.9. The normalized spacial score (nSPS) is 12.9. The Labute approximate surface area is 189 Å². The Balaban J connectivity index is 1.69. The van der Waals surface area contributed by atoms with Gasteiger partial charge in [0.15, 0.2) is 0 Å². The van der Waals surface area contributed by atoms with Gasteiger partial charge in [-0.1, -0.05) is 62.4 Å². The Morgan fingerprint density at radius 1 is 1.00 bits per heavy atom. The summed E-state index contributed by atoms with van der Waals surface area (Å²) in [5.41, 5.74) is 10.2.